The molecule has 1 aliphatic heterocycles. The maximum absolute atomic E-state index is 13.6. The number of carbonyl (C=O) groups is 1. The molecule has 24 heavy (non-hydrogen) atoms. The number of ether oxygens (including phenoxy) is 1. The molecule has 3 rings (SSSR count). The summed E-state index contributed by atoms with van der Waals surface area (Å²) in [5.74, 6) is -1.91. The summed E-state index contributed by atoms with van der Waals surface area (Å²) in [6.45, 7) is 3.87. The summed E-state index contributed by atoms with van der Waals surface area (Å²) in [6, 6.07) is 10.3. The van der Waals surface area contributed by atoms with Crippen LogP contribution in [-0.2, 0) is 11.3 Å². The van der Waals surface area contributed by atoms with Gasteiger partial charge in [-0.3, -0.25) is 9.69 Å². The predicted molar refractivity (Wildman–Crippen MR) is 86.8 cm³/mol. The van der Waals surface area contributed by atoms with Gasteiger partial charge in [-0.15, -0.1) is 0 Å². The number of benzene rings is 2. The number of carbonyl (C=O) groups excluding carboxylic acids is 1. The van der Waals surface area contributed by atoms with E-state index in [1.807, 2.05) is 6.07 Å². The molecule has 0 saturated carbocycles. The van der Waals surface area contributed by atoms with Crippen LogP contribution in [0.4, 0.5) is 14.5 Å². The maximum atomic E-state index is 13.6. The first-order chi connectivity index (χ1) is 11.6. The highest BCUT2D eigenvalue weighted by Gasteiger charge is 2.13. The molecule has 4 nitrogen and oxygen atoms in total. The molecule has 1 aliphatic rings. The van der Waals surface area contributed by atoms with E-state index >= 15 is 0 Å². The number of rotatable bonds is 4. The van der Waals surface area contributed by atoms with Crippen LogP contribution < -0.4 is 5.32 Å². The Morgan fingerprint density at radius 3 is 2.67 bits per heavy atom. The summed E-state index contributed by atoms with van der Waals surface area (Å²) in [6.07, 6.45) is 0. The lowest BCUT2D eigenvalue weighted by Crippen LogP contribution is -2.35. The number of amides is 1. The van der Waals surface area contributed by atoms with Crippen molar-refractivity contribution in [3.8, 4) is 0 Å². The zero-order chi connectivity index (χ0) is 16.9. The minimum Gasteiger partial charge on any atom is -0.379 e. The fraction of sp³-hybridized carbons (Fsp3) is 0.278. The molecule has 0 atom stereocenters. The van der Waals surface area contributed by atoms with E-state index in [4.69, 9.17) is 4.74 Å². The Hall–Kier alpha value is -2.31. The minimum absolute atomic E-state index is 0.0417. The molecule has 2 aromatic carbocycles. The van der Waals surface area contributed by atoms with Gasteiger partial charge in [0.25, 0.3) is 5.91 Å². The molecule has 1 saturated heterocycles. The van der Waals surface area contributed by atoms with Gasteiger partial charge in [0.05, 0.1) is 18.9 Å². The highest BCUT2D eigenvalue weighted by Crippen LogP contribution is 2.17. The second-order valence-corrected chi connectivity index (χ2v) is 5.67. The maximum Gasteiger partial charge on any atom is 0.255 e. The first kappa shape index (κ1) is 16.5. The minimum atomic E-state index is -0.798. The van der Waals surface area contributed by atoms with Crippen LogP contribution in [0.15, 0.2) is 42.5 Å². The lowest BCUT2D eigenvalue weighted by atomic mass is 10.1. The van der Waals surface area contributed by atoms with E-state index in [1.165, 1.54) is 6.07 Å². The van der Waals surface area contributed by atoms with E-state index in [2.05, 4.69) is 10.2 Å². The molecule has 1 amide bonds. The largest absolute Gasteiger partial charge is 0.379 e. The van der Waals surface area contributed by atoms with Crippen molar-refractivity contribution in [2.24, 2.45) is 0 Å². The van der Waals surface area contributed by atoms with Crippen molar-refractivity contribution in [1.29, 1.82) is 0 Å². The van der Waals surface area contributed by atoms with E-state index in [1.54, 1.807) is 18.2 Å². The van der Waals surface area contributed by atoms with Gasteiger partial charge in [0.1, 0.15) is 11.6 Å². The molecule has 0 bridgehead atoms. The second-order valence-electron chi connectivity index (χ2n) is 5.67. The molecule has 1 N–H and O–H groups in total. The smallest absolute Gasteiger partial charge is 0.255 e. The zero-order valence-corrected chi connectivity index (χ0v) is 13.1. The van der Waals surface area contributed by atoms with Gasteiger partial charge < -0.3 is 10.1 Å². The highest BCUT2D eigenvalue weighted by molar-refractivity contribution is 6.04. The molecule has 0 unspecified atom stereocenters. The van der Waals surface area contributed by atoms with Crippen LogP contribution in [0.3, 0.4) is 0 Å². The Morgan fingerprint density at radius 2 is 1.92 bits per heavy atom. The van der Waals surface area contributed by atoms with E-state index in [0.29, 0.717) is 18.8 Å². The number of nitrogens with one attached hydrogen (secondary N) is 1. The second kappa shape index (κ2) is 7.51. The van der Waals surface area contributed by atoms with Crippen molar-refractivity contribution >= 4 is 11.6 Å². The van der Waals surface area contributed by atoms with Gasteiger partial charge in [0.2, 0.25) is 0 Å². The van der Waals surface area contributed by atoms with Crippen molar-refractivity contribution < 1.29 is 18.3 Å². The molecule has 2 aromatic rings. The Labute approximate surface area is 139 Å². The third kappa shape index (κ3) is 4.15. The van der Waals surface area contributed by atoms with Crippen molar-refractivity contribution in [1.82, 2.24) is 4.90 Å². The van der Waals surface area contributed by atoms with Crippen LogP contribution in [0.2, 0.25) is 0 Å². The van der Waals surface area contributed by atoms with Gasteiger partial charge in [-0.05, 0) is 29.8 Å². The fourth-order valence-corrected chi connectivity index (χ4v) is 2.61. The molecule has 126 valence electrons. The first-order valence-electron chi connectivity index (χ1n) is 7.77. The third-order valence-electron chi connectivity index (χ3n) is 3.88. The van der Waals surface area contributed by atoms with Gasteiger partial charge >= 0.3 is 0 Å². The first-order valence-corrected chi connectivity index (χ1v) is 7.77. The third-order valence-corrected chi connectivity index (χ3v) is 3.88. The molecule has 0 spiro atoms. The molecule has 6 heteroatoms. The summed E-state index contributed by atoms with van der Waals surface area (Å²) in [5.41, 5.74) is 1.40. The molecular formula is C18H18F2N2O2. The zero-order valence-electron chi connectivity index (χ0n) is 13.1. The fourth-order valence-electron chi connectivity index (χ4n) is 2.61. The van der Waals surface area contributed by atoms with Crippen LogP contribution >= 0.6 is 0 Å². The SMILES string of the molecule is O=C(Nc1ccc(F)cc1F)c1cccc(CN2CCOCC2)c1. The summed E-state index contributed by atoms with van der Waals surface area (Å²) in [5, 5.41) is 2.47. The Balaban J connectivity index is 1.69. The van der Waals surface area contributed by atoms with E-state index in [-0.39, 0.29) is 5.69 Å². The number of nitrogens with zero attached hydrogens (tertiary/aromatic N) is 1. The van der Waals surface area contributed by atoms with Crippen LogP contribution in [-0.4, -0.2) is 37.1 Å². The Kier molecular flexibility index (Phi) is 5.17. The van der Waals surface area contributed by atoms with Gasteiger partial charge in [-0.2, -0.15) is 0 Å². The molecule has 0 radical (unpaired) electrons. The predicted octanol–water partition coefficient (Wildman–Crippen LogP) is 3.05. The summed E-state index contributed by atoms with van der Waals surface area (Å²) < 4.78 is 31.9. The Bertz CT molecular complexity index is 731. The van der Waals surface area contributed by atoms with E-state index in [9.17, 15) is 13.6 Å². The number of morpholine rings is 1. The van der Waals surface area contributed by atoms with Crippen molar-refractivity contribution in [3.63, 3.8) is 0 Å². The van der Waals surface area contributed by atoms with Gasteiger partial charge in [-0.25, -0.2) is 8.78 Å². The average Bonchev–Trinajstić information content (AvgIpc) is 2.58. The van der Waals surface area contributed by atoms with Crippen LogP contribution in [0.1, 0.15) is 15.9 Å². The van der Waals surface area contributed by atoms with Crippen molar-refractivity contribution in [3.05, 3.63) is 65.2 Å². The molecule has 1 heterocycles. The standard InChI is InChI=1S/C18H18F2N2O2/c19-15-4-5-17(16(20)11-15)21-18(23)14-3-1-2-13(10-14)12-22-6-8-24-9-7-22/h1-5,10-11H,6-9,12H2,(H,21,23). The monoisotopic (exact) mass is 332 g/mol. The number of halogens is 2. The summed E-state index contributed by atoms with van der Waals surface area (Å²) >= 11 is 0. The number of anilines is 1. The van der Waals surface area contributed by atoms with Gasteiger partial charge in [-0.1, -0.05) is 12.1 Å². The van der Waals surface area contributed by atoms with Gasteiger partial charge in [0, 0.05) is 31.3 Å². The summed E-state index contributed by atoms with van der Waals surface area (Å²) in [4.78, 5) is 14.5. The average molecular weight is 332 g/mol. The number of hydrogen-bond acceptors (Lipinski definition) is 3. The molecule has 0 aromatic heterocycles. The summed E-state index contributed by atoms with van der Waals surface area (Å²) in [7, 11) is 0. The van der Waals surface area contributed by atoms with Crippen molar-refractivity contribution in [2.45, 2.75) is 6.54 Å². The van der Waals surface area contributed by atoms with E-state index < -0.39 is 17.5 Å². The Morgan fingerprint density at radius 1 is 1.12 bits per heavy atom. The van der Waals surface area contributed by atoms with Crippen LogP contribution in [0, 0.1) is 11.6 Å². The van der Waals surface area contributed by atoms with E-state index in [0.717, 1.165) is 37.3 Å². The number of hydrogen-bond donors (Lipinski definition) is 1. The molecular weight excluding hydrogens is 314 g/mol. The molecule has 0 aliphatic carbocycles. The topological polar surface area (TPSA) is 41.6 Å². The van der Waals surface area contributed by atoms with Crippen molar-refractivity contribution in [2.75, 3.05) is 31.6 Å². The van der Waals surface area contributed by atoms with Crippen LogP contribution in [0.5, 0.6) is 0 Å². The normalized spacial score (nSPS) is 15.2. The molecule has 1 fully saturated rings. The van der Waals surface area contributed by atoms with Crippen LogP contribution in [0.25, 0.3) is 0 Å². The quantitative estimate of drug-likeness (QED) is 0.936. The lowest BCUT2D eigenvalue weighted by molar-refractivity contribution is 0.0342. The highest BCUT2D eigenvalue weighted by atomic mass is 19.1. The lowest BCUT2D eigenvalue weighted by Gasteiger charge is -2.26. The van der Waals surface area contributed by atoms with Gasteiger partial charge in [0.15, 0.2) is 0 Å².